The Bertz CT molecular complexity index is 260. The van der Waals surface area contributed by atoms with Crippen molar-refractivity contribution in [1.82, 2.24) is 4.90 Å². The van der Waals surface area contributed by atoms with E-state index in [0.29, 0.717) is 0 Å². The Kier molecular flexibility index (Phi) is 4.74. The molecule has 1 saturated heterocycles. The summed E-state index contributed by atoms with van der Waals surface area (Å²) in [6, 6.07) is -0.277. The van der Waals surface area contributed by atoms with Crippen LogP contribution in [0.3, 0.4) is 0 Å². The summed E-state index contributed by atoms with van der Waals surface area (Å²) in [5.74, 6) is 2.67. The van der Waals surface area contributed by atoms with E-state index in [4.69, 9.17) is 5.73 Å². The van der Waals surface area contributed by atoms with Gasteiger partial charge in [-0.25, -0.2) is 0 Å². The molecule has 4 heteroatoms. The van der Waals surface area contributed by atoms with Crippen molar-refractivity contribution in [3.8, 4) is 0 Å². The highest BCUT2D eigenvalue weighted by Crippen LogP contribution is 2.34. The zero-order valence-electron chi connectivity index (χ0n) is 10.7. The molecule has 0 radical (unpaired) electrons. The molecular weight excluding hydrogens is 232 g/mol. The number of carbonyl (C=O) groups is 1. The first-order chi connectivity index (χ1) is 8.20. The summed E-state index contributed by atoms with van der Waals surface area (Å²) in [6.45, 7) is 1.92. The fraction of sp³-hybridized carbons (Fsp3) is 0.923. The van der Waals surface area contributed by atoms with Crippen LogP contribution in [0.5, 0.6) is 0 Å². The van der Waals surface area contributed by atoms with Gasteiger partial charge >= 0.3 is 0 Å². The number of rotatable bonds is 4. The van der Waals surface area contributed by atoms with Gasteiger partial charge in [-0.2, -0.15) is 11.8 Å². The summed E-state index contributed by atoms with van der Waals surface area (Å²) < 4.78 is 0. The molecule has 0 aromatic heterocycles. The Labute approximate surface area is 108 Å². The molecule has 2 fully saturated rings. The lowest BCUT2D eigenvalue weighted by molar-refractivity contribution is -0.136. The van der Waals surface area contributed by atoms with Gasteiger partial charge in [0.2, 0.25) is 5.91 Å². The summed E-state index contributed by atoms with van der Waals surface area (Å²) in [4.78, 5) is 14.3. The zero-order chi connectivity index (χ0) is 12.3. The van der Waals surface area contributed by atoms with Crippen molar-refractivity contribution >= 4 is 17.7 Å². The zero-order valence-corrected chi connectivity index (χ0v) is 11.5. The van der Waals surface area contributed by atoms with E-state index < -0.39 is 0 Å². The molecule has 2 rings (SSSR count). The first kappa shape index (κ1) is 13.2. The van der Waals surface area contributed by atoms with E-state index in [0.717, 1.165) is 37.1 Å². The van der Waals surface area contributed by atoms with Crippen LogP contribution >= 0.6 is 11.8 Å². The van der Waals surface area contributed by atoms with Gasteiger partial charge in [-0.3, -0.25) is 4.79 Å². The smallest absolute Gasteiger partial charge is 0.239 e. The molecule has 98 valence electrons. The van der Waals surface area contributed by atoms with E-state index in [1.54, 1.807) is 11.8 Å². The van der Waals surface area contributed by atoms with Crippen molar-refractivity contribution in [2.24, 2.45) is 17.6 Å². The van der Waals surface area contributed by atoms with Crippen molar-refractivity contribution in [3.05, 3.63) is 0 Å². The van der Waals surface area contributed by atoms with Gasteiger partial charge in [-0.1, -0.05) is 6.42 Å². The monoisotopic (exact) mass is 256 g/mol. The number of fused-ring (bicyclic) bond motifs is 2. The molecule has 0 spiro atoms. The number of hydrogen-bond acceptors (Lipinski definition) is 3. The molecule has 1 heterocycles. The quantitative estimate of drug-likeness (QED) is 0.833. The number of hydrogen-bond donors (Lipinski definition) is 1. The van der Waals surface area contributed by atoms with Crippen LogP contribution in [-0.2, 0) is 4.79 Å². The van der Waals surface area contributed by atoms with Crippen molar-refractivity contribution in [2.45, 2.75) is 38.1 Å². The molecule has 0 aromatic rings. The topological polar surface area (TPSA) is 46.3 Å². The van der Waals surface area contributed by atoms with Gasteiger partial charge in [0.25, 0.3) is 0 Å². The molecule has 3 nitrogen and oxygen atoms in total. The molecule has 3 atom stereocenters. The fourth-order valence-electron chi connectivity index (χ4n) is 3.21. The second-order valence-electron chi connectivity index (χ2n) is 5.53. The van der Waals surface area contributed by atoms with Crippen LogP contribution in [0.15, 0.2) is 0 Å². The molecule has 0 aromatic carbocycles. The lowest BCUT2D eigenvalue weighted by Crippen LogP contribution is -2.51. The molecule has 1 amide bonds. The van der Waals surface area contributed by atoms with Crippen LogP contribution in [0.4, 0.5) is 0 Å². The molecule has 17 heavy (non-hydrogen) atoms. The SMILES string of the molecule is CSCC[C@H](N)C(=O)N1CC2CCCC(C2)C1. The van der Waals surface area contributed by atoms with Crippen LogP contribution < -0.4 is 5.73 Å². The van der Waals surface area contributed by atoms with E-state index >= 15 is 0 Å². The van der Waals surface area contributed by atoms with Crippen LogP contribution in [0, 0.1) is 11.8 Å². The number of likely N-dealkylation sites (tertiary alicyclic amines) is 1. The van der Waals surface area contributed by atoms with Gasteiger partial charge in [0, 0.05) is 13.1 Å². The van der Waals surface area contributed by atoms with E-state index in [1.807, 2.05) is 4.90 Å². The maximum atomic E-state index is 12.2. The van der Waals surface area contributed by atoms with Crippen LogP contribution in [0.1, 0.15) is 32.1 Å². The molecule has 2 bridgehead atoms. The summed E-state index contributed by atoms with van der Waals surface area (Å²) in [5.41, 5.74) is 5.98. The normalized spacial score (nSPS) is 30.1. The van der Waals surface area contributed by atoms with E-state index in [2.05, 4.69) is 6.26 Å². The minimum absolute atomic E-state index is 0.190. The van der Waals surface area contributed by atoms with Crippen LogP contribution in [0.25, 0.3) is 0 Å². The second kappa shape index (κ2) is 6.10. The second-order valence-corrected chi connectivity index (χ2v) is 6.52. The number of thioether (sulfide) groups is 1. The Hall–Kier alpha value is -0.220. The maximum Gasteiger partial charge on any atom is 0.239 e. The molecule has 2 aliphatic rings. The third kappa shape index (κ3) is 3.38. The lowest BCUT2D eigenvalue weighted by Gasteiger charge is -2.42. The van der Waals surface area contributed by atoms with Gasteiger partial charge in [0.15, 0.2) is 0 Å². The van der Waals surface area contributed by atoms with Gasteiger partial charge in [-0.05, 0) is 49.5 Å². The predicted octanol–water partition coefficient (Wildman–Crippen LogP) is 1.72. The Balaban J connectivity index is 1.86. The summed E-state index contributed by atoms with van der Waals surface area (Å²) in [7, 11) is 0. The Morgan fingerprint density at radius 2 is 2.06 bits per heavy atom. The van der Waals surface area contributed by atoms with Gasteiger partial charge in [-0.15, -0.1) is 0 Å². The number of piperidine rings is 1. The third-order valence-electron chi connectivity index (χ3n) is 4.11. The number of nitrogens with two attached hydrogens (primary N) is 1. The first-order valence-corrected chi connectivity index (χ1v) is 8.13. The van der Waals surface area contributed by atoms with Gasteiger partial charge in [0.05, 0.1) is 6.04 Å². The molecule has 1 aliphatic carbocycles. The number of amides is 1. The molecular formula is C13H24N2OS. The highest BCUT2D eigenvalue weighted by Gasteiger charge is 2.33. The lowest BCUT2D eigenvalue weighted by atomic mass is 9.78. The van der Waals surface area contributed by atoms with Crippen molar-refractivity contribution in [1.29, 1.82) is 0 Å². The third-order valence-corrected chi connectivity index (χ3v) is 4.75. The Morgan fingerprint density at radius 3 is 2.65 bits per heavy atom. The highest BCUT2D eigenvalue weighted by molar-refractivity contribution is 7.98. The summed E-state index contributed by atoms with van der Waals surface area (Å²) in [5, 5.41) is 0. The summed E-state index contributed by atoms with van der Waals surface area (Å²) >= 11 is 1.76. The van der Waals surface area contributed by atoms with Gasteiger partial charge < -0.3 is 10.6 Å². The first-order valence-electron chi connectivity index (χ1n) is 6.74. The fourth-order valence-corrected chi connectivity index (χ4v) is 3.70. The van der Waals surface area contributed by atoms with Crippen LogP contribution in [-0.4, -0.2) is 41.9 Å². The maximum absolute atomic E-state index is 12.2. The Morgan fingerprint density at radius 1 is 1.41 bits per heavy atom. The average molecular weight is 256 g/mol. The van der Waals surface area contributed by atoms with Crippen molar-refractivity contribution in [2.75, 3.05) is 25.1 Å². The predicted molar refractivity (Wildman–Crippen MR) is 73.0 cm³/mol. The molecule has 2 N–H and O–H groups in total. The molecule has 1 aliphatic heterocycles. The van der Waals surface area contributed by atoms with E-state index in [-0.39, 0.29) is 11.9 Å². The number of nitrogens with zero attached hydrogens (tertiary/aromatic N) is 1. The molecule has 1 saturated carbocycles. The minimum atomic E-state index is -0.277. The van der Waals surface area contributed by atoms with E-state index in [1.165, 1.54) is 25.7 Å². The van der Waals surface area contributed by atoms with Gasteiger partial charge in [0.1, 0.15) is 0 Å². The standard InChI is InChI=1S/C13H24N2OS/c1-17-6-5-12(14)13(16)15-8-10-3-2-4-11(7-10)9-15/h10-12H,2-9,14H2,1H3/t10?,11?,12-/m0/s1. The van der Waals surface area contributed by atoms with Crippen LogP contribution in [0.2, 0.25) is 0 Å². The van der Waals surface area contributed by atoms with Crippen molar-refractivity contribution in [3.63, 3.8) is 0 Å². The minimum Gasteiger partial charge on any atom is -0.341 e. The molecule has 2 unspecified atom stereocenters. The van der Waals surface area contributed by atoms with Crippen molar-refractivity contribution < 1.29 is 4.79 Å². The van der Waals surface area contributed by atoms with E-state index in [9.17, 15) is 4.79 Å². The highest BCUT2D eigenvalue weighted by atomic mass is 32.2. The average Bonchev–Trinajstić information content (AvgIpc) is 2.34. The largest absolute Gasteiger partial charge is 0.341 e. The summed E-state index contributed by atoms with van der Waals surface area (Å²) in [6.07, 6.45) is 8.18. The number of carbonyl (C=O) groups excluding carboxylic acids is 1.